The molecule has 0 fully saturated rings. The first-order valence-corrected chi connectivity index (χ1v) is 9.73. The van der Waals surface area contributed by atoms with E-state index in [4.69, 9.17) is 5.21 Å². The van der Waals surface area contributed by atoms with Crippen LogP contribution in [0.1, 0.15) is 43.6 Å². The fraction of sp³-hybridized carbons (Fsp3) is 0.316. The number of hydrogen-bond donors (Lipinski definition) is 2. The summed E-state index contributed by atoms with van der Waals surface area (Å²) in [7, 11) is -3.74. The number of amides is 1. The van der Waals surface area contributed by atoms with Crippen molar-refractivity contribution in [3.8, 4) is 0 Å². The molecule has 0 saturated heterocycles. The van der Waals surface area contributed by atoms with E-state index in [2.05, 4.69) is 0 Å². The quantitative estimate of drug-likeness (QED) is 0.619. The van der Waals surface area contributed by atoms with Crippen LogP contribution in [-0.4, -0.2) is 26.1 Å². The summed E-state index contributed by atoms with van der Waals surface area (Å²) in [4.78, 5) is 11.6. The van der Waals surface area contributed by atoms with Crippen molar-refractivity contribution in [2.75, 3.05) is 10.8 Å². The molecule has 7 heteroatoms. The standard InChI is InChI=1S/C19H24N2O4S/c1-5-21(16-11-9-14(10-12-16)18(22)20-23)26(24,25)17-8-6-7-15(13-17)19(2,3)4/h6-13,23H,5H2,1-4H3,(H,20,22). The number of carbonyl (C=O) groups excluding carboxylic acids is 1. The molecule has 2 N–H and O–H groups in total. The number of nitrogens with one attached hydrogen (secondary N) is 1. The molecule has 0 unspecified atom stereocenters. The summed E-state index contributed by atoms with van der Waals surface area (Å²) in [5.41, 5.74) is 3.00. The van der Waals surface area contributed by atoms with Gasteiger partial charge in [-0.1, -0.05) is 32.9 Å². The average molecular weight is 376 g/mol. The maximum absolute atomic E-state index is 13.1. The van der Waals surface area contributed by atoms with Crippen molar-refractivity contribution >= 4 is 21.6 Å². The largest absolute Gasteiger partial charge is 0.288 e. The third-order valence-electron chi connectivity index (χ3n) is 4.09. The maximum Gasteiger partial charge on any atom is 0.274 e. The molecule has 0 heterocycles. The first kappa shape index (κ1) is 19.9. The minimum absolute atomic E-state index is 0.165. The smallest absolute Gasteiger partial charge is 0.274 e. The Morgan fingerprint density at radius 1 is 1.12 bits per heavy atom. The molecule has 0 spiro atoms. The van der Waals surface area contributed by atoms with Crippen molar-refractivity contribution in [2.45, 2.75) is 38.0 Å². The van der Waals surface area contributed by atoms with Gasteiger partial charge in [-0.2, -0.15) is 0 Å². The maximum atomic E-state index is 13.1. The van der Waals surface area contributed by atoms with Crippen LogP contribution in [0, 0.1) is 0 Å². The van der Waals surface area contributed by atoms with Crippen LogP contribution < -0.4 is 9.79 Å². The SMILES string of the molecule is CCN(c1ccc(C(=O)NO)cc1)S(=O)(=O)c1cccc(C(C)(C)C)c1. The Morgan fingerprint density at radius 2 is 1.73 bits per heavy atom. The molecule has 0 aliphatic heterocycles. The molecule has 0 aliphatic carbocycles. The van der Waals surface area contributed by atoms with Gasteiger partial charge in [-0.3, -0.25) is 14.3 Å². The zero-order valence-electron chi connectivity index (χ0n) is 15.4. The van der Waals surface area contributed by atoms with Crippen LogP contribution in [0.15, 0.2) is 53.4 Å². The molecule has 2 aromatic carbocycles. The van der Waals surface area contributed by atoms with Gasteiger partial charge >= 0.3 is 0 Å². The lowest BCUT2D eigenvalue weighted by Gasteiger charge is -2.25. The molecule has 0 aromatic heterocycles. The van der Waals surface area contributed by atoms with Gasteiger partial charge in [0.15, 0.2) is 0 Å². The fourth-order valence-electron chi connectivity index (χ4n) is 2.59. The second-order valence-electron chi connectivity index (χ2n) is 6.94. The highest BCUT2D eigenvalue weighted by atomic mass is 32.2. The molecule has 0 aliphatic rings. The summed E-state index contributed by atoms with van der Waals surface area (Å²) in [6.45, 7) is 8.08. The Kier molecular flexibility index (Phi) is 5.73. The summed E-state index contributed by atoms with van der Waals surface area (Å²) in [6.07, 6.45) is 0. The van der Waals surface area contributed by atoms with Crippen LogP contribution in [0.3, 0.4) is 0 Å². The van der Waals surface area contributed by atoms with E-state index in [1.807, 2.05) is 26.8 Å². The Morgan fingerprint density at radius 3 is 2.23 bits per heavy atom. The van der Waals surface area contributed by atoms with E-state index in [-0.39, 0.29) is 22.4 Å². The number of hydrogen-bond acceptors (Lipinski definition) is 4. The van der Waals surface area contributed by atoms with Crippen LogP contribution in [0.4, 0.5) is 5.69 Å². The second kappa shape index (κ2) is 7.47. The van der Waals surface area contributed by atoms with E-state index in [0.29, 0.717) is 5.69 Å². The summed E-state index contributed by atoms with van der Waals surface area (Å²) in [5, 5.41) is 8.68. The van der Waals surface area contributed by atoms with Gasteiger partial charge in [-0.25, -0.2) is 13.9 Å². The minimum Gasteiger partial charge on any atom is -0.288 e. The van der Waals surface area contributed by atoms with E-state index < -0.39 is 15.9 Å². The predicted molar refractivity (Wildman–Crippen MR) is 101 cm³/mol. The van der Waals surface area contributed by atoms with Crippen LogP contribution in [0.5, 0.6) is 0 Å². The van der Waals surface area contributed by atoms with E-state index in [0.717, 1.165) is 5.56 Å². The molecular weight excluding hydrogens is 352 g/mol. The van der Waals surface area contributed by atoms with Crippen LogP contribution >= 0.6 is 0 Å². The van der Waals surface area contributed by atoms with Gasteiger partial charge in [-0.15, -0.1) is 0 Å². The number of sulfonamides is 1. The van der Waals surface area contributed by atoms with Gasteiger partial charge in [0, 0.05) is 12.1 Å². The first-order chi connectivity index (χ1) is 12.1. The van der Waals surface area contributed by atoms with Gasteiger partial charge in [0.1, 0.15) is 0 Å². The molecule has 26 heavy (non-hydrogen) atoms. The number of hydroxylamine groups is 1. The van der Waals surface area contributed by atoms with Crippen molar-refractivity contribution in [3.05, 3.63) is 59.7 Å². The lowest BCUT2D eigenvalue weighted by atomic mass is 9.87. The predicted octanol–water partition coefficient (Wildman–Crippen LogP) is 3.32. The Labute approximate surface area is 154 Å². The van der Waals surface area contributed by atoms with Crippen molar-refractivity contribution in [3.63, 3.8) is 0 Å². The van der Waals surface area contributed by atoms with Gasteiger partial charge in [0.05, 0.1) is 10.6 Å². The van der Waals surface area contributed by atoms with Crippen molar-refractivity contribution < 1.29 is 18.4 Å². The fourth-order valence-corrected chi connectivity index (χ4v) is 4.11. The minimum atomic E-state index is -3.74. The van der Waals surface area contributed by atoms with Gasteiger partial charge in [-0.05, 0) is 54.3 Å². The Hall–Kier alpha value is -2.38. The summed E-state index contributed by atoms with van der Waals surface area (Å²) in [5.74, 6) is -0.652. The van der Waals surface area contributed by atoms with E-state index in [1.165, 1.54) is 16.4 Å². The Bertz CT molecular complexity index is 885. The van der Waals surface area contributed by atoms with Crippen molar-refractivity contribution in [2.24, 2.45) is 0 Å². The highest BCUT2D eigenvalue weighted by Crippen LogP contribution is 2.28. The normalized spacial score (nSPS) is 11.9. The van der Waals surface area contributed by atoms with E-state index in [9.17, 15) is 13.2 Å². The van der Waals surface area contributed by atoms with Gasteiger partial charge < -0.3 is 0 Å². The molecule has 2 rings (SSSR count). The van der Waals surface area contributed by atoms with Crippen LogP contribution in [0.25, 0.3) is 0 Å². The third-order valence-corrected chi connectivity index (χ3v) is 5.99. The molecule has 2 aromatic rings. The molecule has 0 saturated carbocycles. The molecule has 140 valence electrons. The molecule has 0 atom stereocenters. The van der Waals surface area contributed by atoms with E-state index >= 15 is 0 Å². The van der Waals surface area contributed by atoms with Crippen molar-refractivity contribution in [1.82, 2.24) is 5.48 Å². The summed E-state index contributed by atoms with van der Waals surface area (Å²) >= 11 is 0. The Balaban J connectivity index is 2.44. The number of rotatable bonds is 5. The molecule has 1 amide bonds. The number of carbonyl (C=O) groups is 1. The zero-order chi connectivity index (χ0) is 19.5. The van der Waals surface area contributed by atoms with Crippen molar-refractivity contribution in [1.29, 1.82) is 0 Å². The summed E-state index contributed by atoms with van der Waals surface area (Å²) in [6, 6.07) is 13.0. The lowest BCUT2D eigenvalue weighted by molar-refractivity contribution is 0.0706. The van der Waals surface area contributed by atoms with E-state index in [1.54, 1.807) is 42.7 Å². The molecular formula is C19H24N2O4S. The van der Waals surface area contributed by atoms with Gasteiger partial charge in [0.25, 0.3) is 15.9 Å². The summed E-state index contributed by atoms with van der Waals surface area (Å²) < 4.78 is 27.5. The zero-order valence-corrected chi connectivity index (χ0v) is 16.2. The number of benzene rings is 2. The molecule has 6 nitrogen and oxygen atoms in total. The molecule has 0 bridgehead atoms. The lowest BCUT2D eigenvalue weighted by Crippen LogP contribution is -2.31. The second-order valence-corrected chi connectivity index (χ2v) is 8.80. The van der Waals surface area contributed by atoms with Crippen LogP contribution in [-0.2, 0) is 15.4 Å². The molecule has 0 radical (unpaired) electrons. The number of anilines is 1. The first-order valence-electron chi connectivity index (χ1n) is 8.29. The topological polar surface area (TPSA) is 86.7 Å². The van der Waals surface area contributed by atoms with Gasteiger partial charge in [0.2, 0.25) is 0 Å². The highest BCUT2D eigenvalue weighted by Gasteiger charge is 2.25. The average Bonchev–Trinajstić information content (AvgIpc) is 2.61. The number of nitrogens with zero attached hydrogens (tertiary/aromatic N) is 1. The van der Waals surface area contributed by atoms with Crippen LogP contribution in [0.2, 0.25) is 0 Å². The monoisotopic (exact) mass is 376 g/mol. The third kappa shape index (κ3) is 4.05. The highest BCUT2D eigenvalue weighted by molar-refractivity contribution is 7.92.